The number of carbonyl (C=O) groups excluding carboxylic acids is 2. The Bertz CT molecular complexity index is 1350. The summed E-state index contributed by atoms with van der Waals surface area (Å²) in [5.41, 5.74) is 0.415. The van der Waals surface area contributed by atoms with Gasteiger partial charge in [-0.2, -0.15) is 4.98 Å². The van der Waals surface area contributed by atoms with Crippen LogP contribution in [-0.4, -0.2) is 32.7 Å². The Morgan fingerprint density at radius 2 is 1.86 bits per heavy atom. The Morgan fingerprint density at radius 3 is 2.59 bits per heavy atom. The van der Waals surface area contributed by atoms with Crippen LogP contribution >= 0.6 is 11.8 Å². The zero-order valence-corrected chi connectivity index (χ0v) is 16.4. The van der Waals surface area contributed by atoms with E-state index in [1.54, 1.807) is 24.3 Å². The van der Waals surface area contributed by atoms with Crippen molar-refractivity contribution in [2.24, 2.45) is 0 Å². The van der Waals surface area contributed by atoms with Crippen molar-refractivity contribution in [3.63, 3.8) is 0 Å². The summed E-state index contributed by atoms with van der Waals surface area (Å²) in [4.78, 5) is 46.1. The summed E-state index contributed by atoms with van der Waals surface area (Å²) in [6.45, 7) is 1.42. The third-order valence-corrected chi connectivity index (χ3v) is 5.25. The van der Waals surface area contributed by atoms with Crippen molar-refractivity contribution < 1.29 is 14.3 Å². The Balaban J connectivity index is 2.00. The summed E-state index contributed by atoms with van der Waals surface area (Å²) in [5, 5.41) is 0.819. The number of Topliss-reactive ketones (excluding diaryl/α,β-unsaturated/α-hetero) is 1. The highest BCUT2D eigenvalue weighted by atomic mass is 32.2. The molecular formula is C21H15N3O4S. The molecule has 8 heteroatoms. The normalized spacial score (nSPS) is 11.0. The van der Waals surface area contributed by atoms with Crippen LogP contribution in [-0.2, 0) is 0 Å². The van der Waals surface area contributed by atoms with Gasteiger partial charge in [0.25, 0.3) is 5.56 Å². The van der Waals surface area contributed by atoms with Crippen LogP contribution in [0.15, 0.2) is 58.4 Å². The van der Waals surface area contributed by atoms with Crippen molar-refractivity contribution in [2.45, 2.75) is 11.8 Å². The Morgan fingerprint density at radius 1 is 1.10 bits per heavy atom. The number of hydrogen-bond acceptors (Lipinski definition) is 7. The molecule has 0 N–H and O–H groups in total. The maximum absolute atomic E-state index is 12.6. The van der Waals surface area contributed by atoms with Crippen LogP contribution in [0.4, 0.5) is 0 Å². The van der Waals surface area contributed by atoms with Crippen LogP contribution in [0.2, 0.25) is 0 Å². The number of fused-ring (bicyclic) bond motifs is 2. The number of ether oxygens (including phenoxy) is 1. The molecule has 0 atom stereocenters. The van der Waals surface area contributed by atoms with Gasteiger partial charge in [0, 0.05) is 16.5 Å². The highest BCUT2D eigenvalue weighted by Gasteiger charge is 2.22. The minimum absolute atomic E-state index is 0.0100. The lowest BCUT2D eigenvalue weighted by Gasteiger charge is -2.14. The SMILES string of the molecule is CSc1c(C(C)=O)c(Oc2nc3ccccn3c(=O)c2C=O)nc2ccccc12. The van der Waals surface area contributed by atoms with E-state index >= 15 is 0 Å². The third kappa shape index (κ3) is 3.17. The van der Waals surface area contributed by atoms with Crippen molar-refractivity contribution in [1.82, 2.24) is 14.4 Å². The lowest BCUT2D eigenvalue weighted by Crippen LogP contribution is -2.20. The third-order valence-electron chi connectivity index (χ3n) is 4.41. The van der Waals surface area contributed by atoms with E-state index in [4.69, 9.17) is 4.74 Å². The van der Waals surface area contributed by atoms with Gasteiger partial charge in [-0.05, 0) is 31.4 Å². The molecule has 0 unspecified atom stereocenters. The number of pyridine rings is 2. The molecule has 0 bridgehead atoms. The zero-order valence-electron chi connectivity index (χ0n) is 15.6. The average Bonchev–Trinajstić information content (AvgIpc) is 2.73. The van der Waals surface area contributed by atoms with Crippen LogP contribution in [0.25, 0.3) is 16.6 Å². The fraction of sp³-hybridized carbons (Fsp3) is 0.0952. The lowest BCUT2D eigenvalue weighted by molar-refractivity contribution is 0.101. The van der Waals surface area contributed by atoms with E-state index < -0.39 is 5.56 Å². The summed E-state index contributed by atoms with van der Waals surface area (Å²) >= 11 is 1.40. The number of carbonyl (C=O) groups is 2. The molecule has 3 heterocycles. The molecule has 0 aliphatic carbocycles. The maximum Gasteiger partial charge on any atom is 0.272 e. The van der Waals surface area contributed by atoms with Crippen molar-refractivity contribution >= 4 is 40.4 Å². The number of aromatic nitrogens is 3. The van der Waals surface area contributed by atoms with Crippen LogP contribution in [0.3, 0.4) is 0 Å². The molecule has 3 aromatic heterocycles. The summed E-state index contributed by atoms with van der Waals surface area (Å²) in [6, 6.07) is 12.4. The number of ketones is 1. The number of para-hydroxylation sites is 1. The van der Waals surface area contributed by atoms with E-state index in [2.05, 4.69) is 9.97 Å². The lowest BCUT2D eigenvalue weighted by atomic mass is 10.1. The first-order valence-corrected chi connectivity index (χ1v) is 9.89. The van der Waals surface area contributed by atoms with Crippen LogP contribution in [0.5, 0.6) is 11.8 Å². The topological polar surface area (TPSA) is 90.6 Å². The first-order valence-electron chi connectivity index (χ1n) is 8.67. The highest BCUT2D eigenvalue weighted by Crippen LogP contribution is 2.36. The Kier molecular flexibility index (Phi) is 4.85. The minimum Gasteiger partial charge on any atom is -0.419 e. The summed E-state index contributed by atoms with van der Waals surface area (Å²) in [7, 11) is 0. The number of nitrogens with zero attached hydrogens (tertiary/aromatic N) is 3. The van der Waals surface area contributed by atoms with Gasteiger partial charge in [-0.25, -0.2) is 4.98 Å². The monoisotopic (exact) mass is 405 g/mol. The fourth-order valence-electron chi connectivity index (χ4n) is 3.11. The molecule has 0 amide bonds. The van der Waals surface area contributed by atoms with Gasteiger partial charge in [-0.3, -0.25) is 18.8 Å². The highest BCUT2D eigenvalue weighted by molar-refractivity contribution is 7.99. The zero-order chi connectivity index (χ0) is 20.5. The van der Waals surface area contributed by atoms with Gasteiger partial charge in [0.15, 0.2) is 12.1 Å². The molecule has 0 saturated carbocycles. The van der Waals surface area contributed by atoms with Crippen LogP contribution in [0.1, 0.15) is 27.6 Å². The van der Waals surface area contributed by atoms with E-state index in [0.717, 1.165) is 5.39 Å². The predicted molar refractivity (Wildman–Crippen MR) is 110 cm³/mol. The molecule has 0 aliphatic heterocycles. The quantitative estimate of drug-likeness (QED) is 0.284. The summed E-state index contributed by atoms with van der Waals surface area (Å²) in [6.07, 6.45) is 3.77. The first kappa shape index (κ1) is 18.8. The standard InChI is InChI=1S/C21H15N3O4S/c1-12(26)17-18(29-2)13-7-3-4-8-15(13)22-20(17)28-19-14(11-25)21(27)24-10-6-5-9-16(24)23-19/h3-11H,1-2H3. The summed E-state index contributed by atoms with van der Waals surface area (Å²) < 4.78 is 7.09. The Labute approximate surface area is 169 Å². The van der Waals surface area contributed by atoms with Crippen LogP contribution in [0, 0.1) is 0 Å². The predicted octanol–water partition coefficient (Wildman–Crippen LogP) is 3.77. The van der Waals surface area contributed by atoms with Crippen LogP contribution < -0.4 is 10.3 Å². The summed E-state index contributed by atoms with van der Waals surface area (Å²) in [5.74, 6) is -0.419. The molecule has 1 aromatic carbocycles. The largest absolute Gasteiger partial charge is 0.419 e. The smallest absolute Gasteiger partial charge is 0.272 e. The number of aldehydes is 1. The molecule has 29 heavy (non-hydrogen) atoms. The van der Waals surface area contributed by atoms with Gasteiger partial charge in [0.05, 0.1) is 11.1 Å². The molecule has 0 radical (unpaired) electrons. The van der Waals surface area contributed by atoms with Crippen molar-refractivity contribution in [2.75, 3.05) is 6.26 Å². The first-order chi connectivity index (χ1) is 14.0. The maximum atomic E-state index is 12.6. The molecule has 0 spiro atoms. The van der Waals surface area contributed by atoms with Gasteiger partial charge in [0.1, 0.15) is 11.2 Å². The minimum atomic E-state index is -0.559. The van der Waals surface area contributed by atoms with Crippen molar-refractivity contribution in [1.29, 1.82) is 0 Å². The van der Waals surface area contributed by atoms with E-state index in [1.165, 1.54) is 29.3 Å². The second kappa shape index (κ2) is 7.48. The van der Waals surface area contributed by atoms with Crippen molar-refractivity contribution in [3.05, 3.63) is 70.1 Å². The number of hydrogen-bond donors (Lipinski definition) is 0. The number of benzene rings is 1. The molecule has 4 rings (SSSR count). The average molecular weight is 405 g/mol. The van der Waals surface area contributed by atoms with Gasteiger partial charge in [-0.1, -0.05) is 24.3 Å². The Hall–Kier alpha value is -3.52. The second-order valence-electron chi connectivity index (χ2n) is 6.18. The van der Waals surface area contributed by atoms with Gasteiger partial charge < -0.3 is 4.74 Å². The molecule has 0 saturated heterocycles. The molecule has 0 fully saturated rings. The molecule has 144 valence electrons. The number of thioether (sulfide) groups is 1. The van der Waals surface area contributed by atoms with E-state index in [0.29, 0.717) is 22.3 Å². The van der Waals surface area contributed by atoms with E-state index in [1.807, 2.05) is 24.5 Å². The molecular weight excluding hydrogens is 390 g/mol. The molecule has 7 nitrogen and oxygen atoms in total. The van der Waals surface area contributed by atoms with E-state index in [-0.39, 0.29) is 28.7 Å². The fourth-order valence-corrected chi connectivity index (χ4v) is 3.94. The van der Waals surface area contributed by atoms with Gasteiger partial charge in [-0.15, -0.1) is 11.8 Å². The second-order valence-corrected chi connectivity index (χ2v) is 7.00. The van der Waals surface area contributed by atoms with Gasteiger partial charge >= 0.3 is 0 Å². The number of rotatable bonds is 5. The van der Waals surface area contributed by atoms with E-state index in [9.17, 15) is 14.4 Å². The van der Waals surface area contributed by atoms with Gasteiger partial charge in [0.2, 0.25) is 11.8 Å². The molecule has 0 aliphatic rings. The van der Waals surface area contributed by atoms with Crippen molar-refractivity contribution in [3.8, 4) is 11.8 Å². The molecule has 4 aromatic rings.